The van der Waals surface area contributed by atoms with Crippen molar-refractivity contribution in [3.63, 3.8) is 0 Å². The van der Waals surface area contributed by atoms with Gasteiger partial charge in [-0.05, 0) is 24.3 Å². The molecule has 0 fully saturated rings. The van der Waals surface area contributed by atoms with E-state index < -0.39 is 16.1 Å². The first-order chi connectivity index (χ1) is 6.85. The molecule has 0 aliphatic carbocycles. The first-order valence-corrected chi connectivity index (χ1v) is 5.37. The van der Waals surface area contributed by atoms with Crippen LogP contribution in [0, 0.1) is 0 Å². The molecule has 0 bridgehead atoms. The van der Waals surface area contributed by atoms with Gasteiger partial charge in [0.05, 0.1) is 4.90 Å². The first-order valence-electron chi connectivity index (χ1n) is 3.93. The van der Waals surface area contributed by atoms with E-state index >= 15 is 0 Å². The SMILES string of the molecule is CN(C(=O)O)S(=O)(=O)c1ccc(N)cc1. The van der Waals surface area contributed by atoms with Crippen molar-refractivity contribution < 1.29 is 18.3 Å². The molecule has 0 aromatic heterocycles. The van der Waals surface area contributed by atoms with Gasteiger partial charge in [0.25, 0.3) is 10.0 Å². The number of hydrogen-bond acceptors (Lipinski definition) is 4. The average molecular weight is 230 g/mol. The summed E-state index contributed by atoms with van der Waals surface area (Å²) in [6.45, 7) is 0. The minimum Gasteiger partial charge on any atom is -0.464 e. The van der Waals surface area contributed by atoms with Crippen LogP contribution in [0.2, 0.25) is 0 Å². The van der Waals surface area contributed by atoms with Crippen LogP contribution in [0.1, 0.15) is 0 Å². The van der Waals surface area contributed by atoms with E-state index in [4.69, 9.17) is 10.8 Å². The lowest BCUT2D eigenvalue weighted by Gasteiger charge is -2.13. The Morgan fingerprint density at radius 2 is 1.80 bits per heavy atom. The van der Waals surface area contributed by atoms with Crippen molar-refractivity contribution in [2.24, 2.45) is 0 Å². The van der Waals surface area contributed by atoms with Crippen molar-refractivity contribution in [3.8, 4) is 0 Å². The van der Waals surface area contributed by atoms with E-state index in [1.54, 1.807) is 0 Å². The molecule has 3 N–H and O–H groups in total. The van der Waals surface area contributed by atoms with Crippen molar-refractivity contribution in [3.05, 3.63) is 24.3 Å². The predicted molar refractivity (Wildman–Crippen MR) is 53.8 cm³/mol. The second-order valence-corrected chi connectivity index (χ2v) is 4.79. The number of anilines is 1. The maximum absolute atomic E-state index is 11.6. The number of carbonyl (C=O) groups is 1. The normalized spacial score (nSPS) is 11.0. The number of nitrogen functional groups attached to an aromatic ring is 1. The van der Waals surface area contributed by atoms with E-state index in [1.807, 2.05) is 0 Å². The van der Waals surface area contributed by atoms with Crippen LogP contribution >= 0.6 is 0 Å². The zero-order valence-corrected chi connectivity index (χ0v) is 8.73. The predicted octanol–water partition coefficient (Wildman–Crippen LogP) is 0.567. The summed E-state index contributed by atoms with van der Waals surface area (Å²) in [5.74, 6) is 0. The summed E-state index contributed by atoms with van der Waals surface area (Å²) in [6.07, 6.45) is -1.54. The molecule has 0 saturated carbocycles. The fourth-order valence-electron chi connectivity index (χ4n) is 0.901. The maximum Gasteiger partial charge on any atom is 0.421 e. The molecule has 7 heteroatoms. The fraction of sp³-hybridized carbons (Fsp3) is 0.125. The molecule has 0 saturated heterocycles. The van der Waals surface area contributed by atoms with Crippen LogP contribution in [-0.4, -0.2) is 31.0 Å². The van der Waals surface area contributed by atoms with Crippen LogP contribution in [0.25, 0.3) is 0 Å². The highest BCUT2D eigenvalue weighted by Gasteiger charge is 2.24. The summed E-state index contributed by atoms with van der Waals surface area (Å²) in [7, 11) is -3.01. The molecule has 0 aliphatic heterocycles. The minimum atomic E-state index is -3.98. The Bertz CT molecular complexity index is 466. The van der Waals surface area contributed by atoms with Gasteiger partial charge in [0.2, 0.25) is 0 Å². The van der Waals surface area contributed by atoms with Gasteiger partial charge in [-0.25, -0.2) is 17.5 Å². The molecule has 0 spiro atoms. The highest BCUT2D eigenvalue weighted by Crippen LogP contribution is 2.15. The van der Waals surface area contributed by atoms with Crippen molar-refractivity contribution in [2.45, 2.75) is 4.90 Å². The molecule has 0 atom stereocenters. The van der Waals surface area contributed by atoms with Gasteiger partial charge in [0.15, 0.2) is 0 Å². The van der Waals surface area contributed by atoms with Gasteiger partial charge in [0.1, 0.15) is 0 Å². The van der Waals surface area contributed by atoms with Gasteiger partial charge < -0.3 is 10.8 Å². The number of rotatable bonds is 2. The number of benzene rings is 1. The number of amides is 1. The molecule has 1 rings (SSSR count). The summed E-state index contributed by atoms with van der Waals surface area (Å²) < 4.78 is 23.4. The fourth-order valence-corrected chi connectivity index (χ4v) is 1.90. The van der Waals surface area contributed by atoms with Gasteiger partial charge in [-0.1, -0.05) is 0 Å². The number of nitrogens with two attached hydrogens (primary N) is 1. The van der Waals surface area contributed by atoms with Crippen molar-refractivity contribution in [2.75, 3.05) is 12.8 Å². The molecular weight excluding hydrogens is 220 g/mol. The first kappa shape index (κ1) is 11.3. The third kappa shape index (κ3) is 2.18. The quantitative estimate of drug-likeness (QED) is 0.723. The molecule has 0 unspecified atom stereocenters. The monoisotopic (exact) mass is 230 g/mol. The zero-order valence-electron chi connectivity index (χ0n) is 7.91. The largest absolute Gasteiger partial charge is 0.464 e. The molecule has 6 nitrogen and oxygen atoms in total. The highest BCUT2D eigenvalue weighted by atomic mass is 32.2. The Kier molecular flexibility index (Phi) is 2.85. The summed E-state index contributed by atoms with van der Waals surface area (Å²) in [5, 5.41) is 8.56. The van der Waals surface area contributed by atoms with E-state index in [2.05, 4.69) is 0 Å². The number of sulfonamides is 1. The molecule has 1 amide bonds. The van der Waals surface area contributed by atoms with Gasteiger partial charge >= 0.3 is 6.09 Å². The molecular formula is C8H10N2O4S. The van der Waals surface area contributed by atoms with Crippen molar-refractivity contribution in [1.82, 2.24) is 4.31 Å². The number of carboxylic acid groups (broad SMARTS) is 1. The molecule has 1 aromatic rings. The zero-order chi connectivity index (χ0) is 11.6. The van der Waals surface area contributed by atoms with Crippen molar-refractivity contribution in [1.29, 1.82) is 0 Å². The Morgan fingerprint density at radius 1 is 1.33 bits per heavy atom. The smallest absolute Gasteiger partial charge is 0.421 e. The standard InChI is InChI=1S/C8H10N2O4S/c1-10(8(11)12)15(13,14)7-4-2-6(9)3-5-7/h2-5H,9H2,1H3,(H,11,12). The molecule has 82 valence electrons. The Labute approximate surface area is 87.0 Å². The van der Waals surface area contributed by atoms with E-state index in [-0.39, 0.29) is 9.20 Å². The Balaban J connectivity index is 3.17. The van der Waals surface area contributed by atoms with Gasteiger partial charge in [-0.2, -0.15) is 0 Å². The summed E-state index contributed by atoms with van der Waals surface area (Å²) in [5.41, 5.74) is 5.79. The third-order valence-corrected chi connectivity index (χ3v) is 3.55. The van der Waals surface area contributed by atoms with Gasteiger partial charge in [-0.3, -0.25) is 0 Å². The molecule has 15 heavy (non-hydrogen) atoms. The second-order valence-electron chi connectivity index (χ2n) is 2.82. The lowest BCUT2D eigenvalue weighted by Crippen LogP contribution is -2.31. The lowest BCUT2D eigenvalue weighted by molar-refractivity contribution is 0.178. The summed E-state index contributed by atoms with van der Waals surface area (Å²) in [4.78, 5) is 10.4. The molecule has 1 aromatic carbocycles. The van der Waals surface area contributed by atoms with E-state index in [0.29, 0.717) is 5.69 Å². The third-order valence-electron chi connectivity index (χ3n) is 1.81. The van der Waals surface area contributed by atoms with Crippen LogP contribution in [0.4, 0.5) is 10.5 Å². The van der Waals surface area contributed by atoms with E-state index in [0.717, 1.165) is 7.05 Å². The van der Waals surface area contributed by atoms with Gasteiger partial charge in [0, 0.05) is 12.7 Å². The van der Waals surface area contributed by atoms with Crippen LogP contribution in [0.5, 0.6) is 0 Å². The number of hydrogen-bond donors (Lipinski definition) is 2. The van der Waals surface area contributed by atoms with E-state index in [9.17, 15) is 13.2 Å². The Morgan fingerprint density at radius 3 is 2.20 bits per heavy atom. The second kappa shape index (κ2) is 3.77. The highest BCUT2D eigenvalue weighted by molar-refractivity contribution is 7.89. The average Bonchev–Trinajstić information content (AvgIpc) is 2.17. The summed E-state index contributed by atoms with van der Waals surface area (Å²) >= 11 is 0. The maximum atomic E-state index is 11.6. The van der Waals surface area contributed by atoms with Crippen LogP contribution in [-0.2, 0) is 10.0 Å². The van der Waals surface area contributed by atoms with Crippen LogP contribution in [0.3, 0.4) is 0 Å². The van der Waals surface area contributed by atoms with Crippen molar-refractivity contribution >= 4 is 21.8 Å². The minimum absolute atomic E-state index is 0.110. The lowest BCUT2D eigenvalue weighted by atomic mass is 10.3. The Hall–Kier alpha value is -1.76. The molecule has 0 heterocycles. The van der Waals surface area contributed by atoms with E-state index in [1.165, 1.54) is 24.3 Å². The van der Waals surface area contributed by atoms with Crippen LogP contribution < -0.4 is 5.73 Å². The van der Waals surface area contributed by atoms with Crippen LogP contribution in [0.15, 0.2) is 29.2 Å². The molecule has 0 radical (unpaired) electrons. The topological polar surface area (TPSA) is 101 Å². The van der Waals surface area contributed by atoms with Gasteiger partial charge in [-0.15, -0.1) is 0 Å². The molecule has 0 aliphatic rings. The summed E-state index contributed by atoms with van der Waals surface area (Å²) in [6, 6.07) is 5.29. The number of nitrogens with zero attached hydrogens (tertiary/aromatic N) is 1.